The zero-order valence-electron chi connectivity index (χ0n) is 15.7. The van der Waals surface area contributed by atoms with E-state index < -0.39 is 0 Å². The topological polar surface area (TPSA) is 73.4 Å². The molecule has 29 heavy (non-hydrogen) atoms. The van der Waals surface area contributed by atoms with Crippen molar-refractivity contribution in [3.63, 3.8) is 0 Å². The molecule has 1 aromatic heterocycles. The van der Waals surface area contributed by atoms with Crippen molar-refractivity contribution in [1.29, 1.82) is 0 Å². The number of hydrogen-bond donors (Lipinski definition) is 2. The predicted octanol–water partition coefficient (Wildman–Crippen LogP) is 3.22. The maximum atomic E-state index is 12.4. The molecule has 0 radical (unpaired) electrons. The fraction of sp³-hybridized carbons (Fsp3) is 0.263. The van der Waals surface area contributed by atoms with Gasteiger partial charge < -0.3 is 15.1 Å². The Balaban J connectivity index is 1.38. The van der Waals surface area contributed by atoms with Crippen molar-refractivity contribution in [2.75, 3.05) is 43.4 Å². The van der Waals surface area contributed by atoms with Crippen molar-refractivity contribution in [2.24, 2.45) is 0 Å². The largest absolute Gasteiger partial charge is 0.368 e. The summed E-state index contributed by atoms with van der Waals surface area (Å²) in [6, 6.07) is 10.9. The highest BCUT2D eigenvalue weighted by Gasteiger charge is 2.17. The first-order chi connectivity index (χ1) is 14.0. The van der Waals surface area contributed by atoms with Crippen molar-refractivity contribution in [1.82, 2.24) is 19.0 Å². The molecular weight excluding hydrogens is 428 g/mol. The monoisotopic (exact) mass is 446 g/mol. The van der Waals surface area contributed by atoms with E-state index in [9.17, 15) is 4.79 Å². The molecule has 1 aliphatic heterocycles. The minimum atomic E-state index is -0.308. The molecule has 4 rings (SSSR count). The number of benzene rings is 2. The predicted molar refractivity (Wildman–Crippen MR) is 122 cm³/mol. The van der Waals surface area contributed by atoms with Crippen LogP contribution in [-0.4, -0.2) is 57.9 Å². The Bertz CT molecular complexity index is 1060. The molecule has 0 spiro atoms. The quantitative estimate of drug-likeness (QED) is 0.598. The molecule has 1 fully saturated rings. The van der Waals surface area contributed by atoms with Gasteiger partial charge in [0.1, 0.15) is 11.0 Å². The summed E-state index contributed by atoms with van der Waals surface area (Å²) >= 11 is 12.9. The van der Waals surface area contributed by atoms with Crippen LogP contribution in [0.15, 0.2) is 36.4 Å². The molecule has 2 aromatic carbocycles. The van der Waals surface area contributed by atoms with Crippen molar-refractivity contribution in [3.05, 3.63) is 47.0 Å². The lowest BCUT2D eigenvalue weighted by Gasteiger charge is -2.34. The zero-order chi connectivity index (χ0) is 20.4. The number of nitrogens with zero attached hydrogens (tertiary/aromatic N) is 4. The zero-order valence-corrected chi connectivity index (χ0v) is 18.1. The van der Waals surface area contributed by atoms with Gasteiger partial charge in [0.15, 0.2) is 5.11 Å². The third-order valence-electron chi connectivity index (χ3n) is 4.79. The summed E-state index contributed by atoms with van der Waals surface area (Å²) in [5.74, 6) is -0.308. The molecule has 2 N–H and O–H groups in total. The van der Waals surface area contributed by atoms with E-state index >= 15 is 0 Å². The van der Waals surface area contributed by atoms with Gasteiger partial charge in [0.05, 0.1) is 22.4 Å². The molecular formula is C19H19ClN6OS2. The van der Waals surface area contributed by atoms with Crippen molar-refractivity contribution in [2.45, 2.75) is 0 Å². The summed E-state index contributed by atoms with van der Waals surface area (Å²) in [6.07, 6.45) is 0. The first-order valence-electron chi connectivity index (χ1n) is 9.07. The Hall–Kier alpha value is -2.33. The Morgan fingerprint density at radius 3 is 2.62 bits per heavy atom. The number of fused-ring (bicyclic) bond motifs is 1. The van der Waals surface area contributed by atoms with Crippen LogP contribution in [0.2, 0.25) is 5.02 Å². The van der Waals surface area contributed by atoms with Crippen LogP contribution in [0.4, 0.5) is 11.4 Å². The molecule has 1 saturated heterocycles. The van der Waals surface area contributed by atoms with Gasteiger partial charge in [-0.15, -0.1) is 0 Å². The number of halogens is 1. The van der Waals surface area contributed by atoms with Crippen LogP contribution in [0.1, 0.15) is 10.4 Å². The number of hydrogen-bond acceptors (Lipinski definition) is 7. The van der Waals surface area contributed by atoms with Gasteiger partial charge in [-0.2, -0.15) is 8.75 Å². The SMILES string of the molecule is CN1CCN(c2ccc(NC(=S)NC(=O)c3ccc4nsnc4c3)cc2Cl)CC1. The molecule has 1 amide bonds. The smallest absolute Gasteiger partial charge is 0.257 e. The van der Waals surface area contributed by atoms with Crippen molar-refractivity contribution >= 4 is 69.0 Å². The number of rotatable bonds is 3. The molecule has 0 saturated carbocycles. The lowest BCUT2D eigenvalue weighted by atomic mass is 10.2. The normalized spacial score (nSPS) is 14.8. The second kappa shape index (κ2) is 8.58. The van der Waals surface area contributed by atoms with E-state index in [0.717, 1.165) is 54.8 Å². The van der Waals surface area contributed by atoms with E-state index in [4.69, 9.17) is 23.8 Å². The molecule has 7 nitrogen and oxygen atoms in total. The molecule has 1 aliphatic rings. The average Bonchev–Trinajstić information content (AvgIpc) is 3.17. The molecule has 2 heterocycles. The van der Waals surface area contributed by atoms with Gasteiger partial charge in [-0.25, -0.2) is 0 Å². The van der Waals surface area contributed by atoms with Gasteiger partial charge in [-0.05, 0) is 55.7 Å². The Labute approximate surface area is 183 Å². The maximum absolute atomic E-state index is 12.4. The summed E-state index contributed by atoms with van der Waals surface area (Å²) in [6.45, 7) is 3.90. The van der Waals surface area contributed by atoms with Crippen LogP contribution in [-0.2, 0) is 0 Å². The van der Waals surface area contributed by atoms with Crippen LogP contribution in [0.5, 0.6) is 0 Å². The number of carbonyl (C=O) groups excluding carboxylic acids is 1. The van der Waals surface area contributed by atoms with E-state index in [1.54, 1.807) is 18.2 Å². The van der Waals surface area contributed by atoms with Crippen molar-refractivity contribution < 1.29 is 4.79 Å². The first kappa shape index (κ1) is 20.0. The lowest BCUT2D eigenvalue weighted by molar-refractivity contribution is 0.0978. The van der Waals surface area contributed by atoms with Gasteiger partial charge in [0, 0.05) is 37.4 Å². The van der Waals surface area contributed by atoms with Gasteiger partial charge >= 0.3 is 0 Å². The molecule has 0 bridgehead atoms. The van der Waals surface area contributed by atoms with Crippen LogP contribution >= 0.6 is 35.5 Å². The highest BCUT2D eigenvalue weighted by atomic mass is 35.5. The second-order valence-corrected chi connectivity index (χ2v) is 8.18. The van der Waals surface area contributed by atoms with Crippen LogP contribution in [0.25, 0.3) is 11.0 Å². The van der Waals surface area contributed by atoms with Crippen LogP contribution < -0.4 is 15.5 Å². The van der Waals surface area contributed by atoms with Gasteiger partial charge in [-0.3, -0.25) is 10.1 Å². The van der Waals surface area contributed by atoms with Gasteiger partial charge in [0.2, 0.25) is 0 Å². The summed E-state index contributed by atoms with van der Waals surface area (Å²) in [4.78, 5) is 17.0. The van der Waals surface area contributed by atoms with Crippen molar-refractivity contribution in [3.8, 4) is 0 Å². The fourth-order valence-corrected chi connectivity index (χ4v) is 4.18. The van der Waals surface area contributed by atoms with E-state index in [2.05, 4.69) is 36.2 Å². The summed E-state index contributed by atoms with van der Waals surface area (Å²) < 4.78 is 8.28. The molecule has 150 valence electrons. The van der Waals surface area contributed by atoms with E-state index in [0.29, 0.717) is 16.1 Å². The third-order valence-corrected chi connectivity index (χ3v) is 5.86. The second-order valence-electron chi connectivity index (χ2n) is 6.83. The minimum Gasteiger partial charge on any atom is -0.368 e. The summed E-state index contributed by atoms with van der Waals surface area (Å²) in [5, 5.41) is 6.55. The third kappa shape index (κ3) is 4.64. The number of carbonyl (C=O) groups is 1. The minimum absolute atomic E-state index is 0.204. The highest BCUT2D eigenvalue weighted by molar-refractivity contribution is 7.80. The van der Waals surface area contributed by atoms with E-state index in [-0.39, 0.29) is 11.0 Å². The lowest BCUT2D eigenvalue weighted by Crippen LogP contribution is -2.44. The molecule has 0 atom stereocenters. The van der Waals surface area contributed by atoms with Gasteiger partial charge in [-0.1, -0.05) is 11.6 Å². The maximum Gasteiger partial charge on any atom is 0.257 e. The Kier molecular flexibility index (Phi) is 5.91. The average molecular weight is 447 g/mol. The standard InChI is InChI=1S/C19H19ClN6OS2/c1-25-6-8-26(9-7-25)17-5-3-13(11-14(17)20)21-19(28)22-18(27)12-2-4-15-16(10-12)24-29-23-15/h2-5,10-11H,6-9H2,1H3,(H2,21,22,27,28). The van der Waals surface area contributed by atoms with E-state index in [1.807, 2.05) is 18.2 Å². The number of thiocarbonyl (C=S) groups is 1. The number of anilines is 2. The molecule has 0 aliphatic carbocycles. The van der Waals surface area contributed by atoms with Gasteiger partial charge in [0.25, 0.3) is 5.91 Å². The van der Waals surface area contributed by atoms with Crippen LogP contribution in [0.3, 0.4) is 0 Å². The Morgan fingerprint density at radius 1 is 1.10 bits per heavy atom. The molecule has 3 aromatic rings. The number of likely N-dealkylation sites (N-methyl/N-ethyl adjacent to an activating group) is 1. The number of nitrogens with one attached hydrogen (secondary N) is 2. The summed E-state index contributed by atoms with van der Waals surface area (Å²) in [7, 11) is 2.12. The molecule has 0 unspecified atom stereocenters. The van der Waals surface area contributed by atoms with E-state index in [1.165, 1.54) is 0 Å². The van der Waals surface area contributed by atoms with Crippen LogP contribution in [0, 0.1) is 0 Å². The fourth-order valence-electron chi connectivity index (χ4n) is 3.15. The number of aromatic nitrogens is 2. The highest BCUT2D eigenvalue weighted by Crippen LogP contribution is 2.29. The number of piperazine rings is 1. The number of amides is 1. The summed E-state index contributed by atoms with van der Waals surface area (Å²) in [5.41, 5.74) is 3.65. The first-order valence-corrected chi connectivity index (χ1v) is 10.6. The Morgan fingerprint density at radius 2 is 1.86 bits per heavy atom. The molecule has 10 heteroatoms.